The molecule has 2 aromatic carbocycles. The smallest absolute Gasteiger partial charge is 0.155 e. The fraction of sp³-hybridized carbons (Fsp3) is 0.370. The Morgan fingerprint density at radius 2 is 1.74 bits per heavy atom. The van der Waals surface area contributed by atoms with Gasteiger partial charge in [-0.3, -0.25) is 9.69 Å². The van der Waals surface area contributed by atoms with E-state index in [9.17, 15) is 15.3 Å². The molecule has 158 valence electrons. The Morgan fingerprint density at radius 3 is 2.29 bits per heavy atom. The van der Waals surface area contributed by atoms with Crippen LogP contribution in [0.4, 0.5) is 0 Å². The van der Waals surface area contributed by atoms with Crippen LogP contribution in [-0.4, -0.2) is 23.8 Å². The molecule has 4 heteroatoms. The van der Waals surface area contributed by atoms with Crippen molar-refractivity contribution in [3.8, 4) is 12.1 Å². The van der Waals surface area contributed by atoms with Crippen molar-refractivity contribution < 1.29 is 4.79 Å². The zero-order chi connectivity index (χ0) is 22.3. The van der Waals surface area contributed by atoms with Gasteiger partial charge in [-0.25, -0.2) is 0 Å². The number of piperidine rings is 1. The van der Waals surface area contributed by atoms with Crippen molar-refractivity contribution in [2.45, 2.75) is 38.6 Å². The third-order valence-electron chi connectivity index (χ3n) is 6.64. The standard InChI is InChI=1S/C27H29N3O/c1-3-16-26(19-28,20-29)25(23-13-9-6-10-14-23)27(4-2)21-30(17-15-24(27)31)18-22-11-7-5-8-12-22/h3,5-14,25H,1,4,15-18,21H2,2H3/t25-,27-/m0/s1. The number of nitrogens with zero attached hydrogens (tertiary/aromatic N) is 3. The second-order valence-corrected chi connectivity index (χ2v) is 8.41. The van der Waals surface area contributed by atoms with E-state index in [1.165, 1.54) is 5.56 Å². The van der Waals surface area contributed by atoms with Crippen LogP contribution in [0.25, 0.3) is 0 Å². The molecule has 1 saturated heterocycles. The first kappa shape index (κ1) is 22.5. The molecule has 1 aliphatic rings. The predicted octanol–water partition coefficient (Wildman–Crippen LogP) is 5.25. The summed E-state index contributed by atoms with van der Waals surface area (Å²) in [6, 6.07) is 24.4. The lowest BCUT2D eigenvalue weighted by Crippen LogP contribution is -2.55. The third-order valence-corrected chi connectivity index (χ3v) is 6.64. The highest BCUT2D eigenvalue weighted by Gasteiger charge is 2.56. The Kier molecular flexibility index (Phi) is 7.06. The molecule has 1 aliphatic heterocycles. The van der Waals surface area contributed by atoms with Crippen LogP contribution in [0.3, 0.4) is 0 Å². The second-order valence-electron chi connectivity index (χ2n) is 8.41. The lowest BCUT2D eigenvalue weighted by molar-refractivity contribution is -0.138. The average molecular weight is 412 g/mol. The summed E-state index contributed by atoms with van der Waals surface area (Å²) in [6.07, 6.45) is 2.83. The highest BCUT2D eigenvalue weighted by molar-refractivity contribution is 5.87. The number of hydrogen-bond acceptors (Lipinski definition) is 4. The molecule has 0 unspecified atom stereocenters. The van der Waals surface area contributed by atoms with Gasteiger partial charge in [0.1, 0.15) is 5.78 Å². The minimum absolute atomic E-state index is 0.145. The quantitative estimate of drug-likeness (QED) is 0.556. The van der Waals surface area contributed by atoms with Crippen molar-refractivity contribution in [3.63, 3.8) is 0 Å². The SMILES string of the molecule is C=CCC(C#N)(C#N)[C@H](c1ccccc1)[C@@]1(CC)CN(Cc2ccccc2)CCC1=O. The number of hydrogen-bond donors (Lipinski definition) is 0. The number of Topliss-reactive ketones (excluding diaryl/α,β-unsaturated/α-hetero) is 1. The van der Waals surface area contributed by atoms with Gasteiger partial charge in [-0.2, -0.15) is 10.5 Å². The Hall–Kier alpha value is -3.21. The topological polar surface area (TPSA) is 67.9 Å². The van der Waals surface area contributed by atoms with E-state index in [0.717, 1.165) is 12.1 Å². The van der Waals surface area contributed by atoms with Gasteiger partial charge in [0, 0.05) is 32.0 Å². The molecule has 0 amide bonds. The number of ketones is 1. The van der Waals surface area contributed by atoms with Gasteiger partial charge >= 0.3 is 0 Å². The van der Waals surface area contributed by atoms with Crippen LogP contribution in [-0.2, 0) is 11.3 Å². The van der Waals surface area contributed by atoms with Crippen molar-refractivity contribution in [2.75, 3.05) is 13.1 Å². The first-order chi connectivity index (χ1) is 15.0. The first-order valence-corrected chi connectivity index (χ1v) is 10.8. The van der Waals surface area contributed by atoms with Crippen molar-refractivity contribution in [1.29, 1.82) is 10.5 Å². The van der Waals surface area contributed by atoms with Gasteiger partial charge in [0.15, 0.2) is 5.41 Å². The molecule has 4 nitrogen and oxygen atoms in total. The van der Waals surface area contributed by atoms with Crippen molar-refractivity contribution in [3.05, 3.63) is 84.4 Å². The summed E-state index contributed by atoms with van der Waals surface area (Å²) >= 11 is 0. The van der Waals surface area contributed by atoms with Crippen LogP contribution in [0, 0.1) is 33.5 Å². The molecule has 0 aromatic heterocycles. The number of likely N-dealkylation sites (tertiary alicyclic amines) is 1. The normalized spacial score (nSPS) is 20.4. The van der Waals surface area contributed by atoms with E-state index >= 15 is 0 Å². The summed E-state index contributed by atoms with van der Waals surface area (Å²) in [5, 5.41) is 20.4. The highest BCUT2D eigenvalue weighted by atomic mass is 16.1. The van der Waals surface area contributed by atoms with Gasteiger partial charge in [-0.15, -0.1) is 6.58 Å². The molecule has 3 rings (SSSR count). The molecule has 1 fully saturated rings. The maximum Gasteiger partial charge on any atom is 0.155 e. The zero-order valence-corrected chi connectivity index (χ0v) is 18.1. The summed E-state index contributed by atoms with van der Waals surface area (Å²) in [5.74, 6) is -0.391. The lowest BCUT2D eigenvalue weighted by Gasteiger charge is -2.49. The lowest BCUT2D eigenvalue weighted by atomic mass is 9.55. The summed E-state index contributed by atoms with van der Waals surface area (Å²) in [6.45, 7) is 7.76. The van der Waals surface area contributed by atoms with Crippen LogP contribution in [0.15, 0.2) is 73.3 Å². The fourth-order valence-corrected chi connectivity index (χ4v) is 5.13. The van der Waals surface area contributed by atoms with E-state index < -0.39 is 16.7 Å². The molecule has 0 radical (unpaired) electrons. The van der Waals surface area contributed by atoms with E-state index in [0.29, 0.717) is 25.9 Å². The molecule has 31 heavy (non-hydrogen) atoms. The van der Waals surface area contributed by atoms with E-state index in [1.54, 1.807) is 6.08 Å². The molecule has 2 atom stereocenters. The van der Waals surface area contributed by atoms with Crippen LogP contribution in [0.5, 0.6) is 0 Å². The maximum atomic E-state index is 13.6. The van der Waals surface area contributed by atoms with Gasteiger partial charge in [-0.05, 0) is 24.0 Å². The first-order valence-electron chi connectivity index (χ1n) is 10.8. The summed E-state index contributed by atoms with van der Waals surface area (Å²) < 4.78 is 0. The van der Waals surface area contributed by atoms with E-state index in [1.807, 2.05) is 55.5 Å². The van der Waals surface area contributed by atoms with Crippen LogP contribution in [0.2, 0.25) is 0 Å². The van der Waals surface area contributed by atoms with Crippen LogP contribution in [0.1, 0.15) is 43.2 Å². The minimum Gasteiger partial charge on any atom is -0.299 e. The summed E-state index contributed by atoms with van der Waals surface area (Å²) in [5.41, 5.74) is -0.117. The highest BCUT2D eigenvalue weighted by Crippen LogP contribution is 2.54. The molecular weight excluding hydrogens is 382 g/mol. The maximum absolute atomic E-state index is 13.6. The van der Waals surface area contributed by atoms with Gasteiger partial charge in [0.05, 0.1) is 17.6 Å². The van der Waals surface area contributed by atoms with Crippen LogP contribution >= 0.6 is 0 Å². The number of nitriles is 2. The van der Waals surface area contributed by atoms with E-state index in [4.69, 9.17) is 0 Å². The van der Waals surface area contributed by atoms with E-state index in [2.05, 4.69) is 35.8 Å². The fourth-order valence-electron chi connectivity index (χ4n) is 5.13. The van der Waals surface area contributed by atoms with Crippen LogP contribution < -0.4 is 0 Å². The average Bonchev–Trinajstić information content (AvgIpc) is 2.82. The van der Waals surface area contributed by atoms with Crippen molar-refractivity contribution >= 4 is 5.78 Å². The van der Waals surface area contributed by atoms with Crippen molar-refractivity contribution in [1.82, 2.24) is 4.90 Å². The summed E-state index contributed by atoms with van der Waals surface area (Å²) in [4.78, 5) is 15.9. The Bertz CT molecular complexity index is 973. The number of rotatable bonds is 8. The number of carbonyl (C=O) groups excluding carboxylic acids is 1. The van der Waals surface area contributed by atoms with E-state index in [-0.39, 0.29) is 12.2 Å². The number of carbonyl (C=O) groups is 1. The largest absolute Gasteiger partial charge is 0.299 e. The number of benzene rings is 2. The molecule has 0 spiro atoms. The molecule has 2 aromatic rings. The van der Waals surface area contributed by atoms with Gasteiger partial charge in [-0.1, -0.05) is 73.7 Å². The molecular formula is C27H29N3O. The monoisotopic (exact) mass is 411 g/mol. The predicted molar refractivity (Wildman–Crippen MR) is 122 cm³/mol. The molecule has 1 heterocycles. The second kappa shape index (κ2) is 9.73. The van der Waals surface area contributed by atoms with Gasteiger partial charge in [0.2, 0.25) is 0 Å². The Balaban J connectivity index is 2.11. The molecule has 0 saturated carbocycles. The van der Waals surface area contributed by atoms with Crippen molar-refractivity contribution in [2.24, 2.45) is 10.8 Å². The molecule has 0 bridgehead atoms. The third kappa shape index (κ3) is 4.31. The Morgan fingerprint density at radius 1 is 1.13 bits per heavy atom. The zero-order valence-electron chi connectivity index (χ0n) is 18.1. The van der Waals surface area contributed by atoms with Gasteiger partial charge in [0.25, 0.3) is 0 Å². The summed E-state index contributed by atoms with van der Waals surface area (Å²) in [7, 11) is 0. The Labute approximate surface area is 185 Å². The molecule has 0 N–H and O–H groups in total. The van der Waals surface area contributed by atoms with Gasteiger partial charge < -0.3 is 0 Å². The number of allylic oxidation sites excluding steroid dienone is 1. The minimum atomic E-state index is -1.36. The molecule has 0 aliphatic carbocycles.